The molecule has 0 saturated carbocycles. The minimum atomic E-state index is 0.219. The van der Waals surface area contributed by atoms with Crippen LogP contribution in [-0.2, 0) is 6.54 Å². The van der Waals surface area contributed by atoms with E-state index in [0.717, 1.165) is 37.2 Å². The predicted octanol–water partition coefficient (Wildman–Crippen LogP) is 3.29. The second kappa shape index (κ2) is 17.9. The number of halogens is 2. The molecule has 7 heteroatoms. The first kappa shape index (κ1) is 25.5. The first-order valence-electron chi connectivity index (χ1n) is 8.65. The molecule has 0 aromatic heterocycles. The van der Waals surface area contributed by atoms with Crippen molar-refractivity contribution in [2.75, 3.05) is 26.3 Å². The van der Waals surface area contributed by atoms with Gasteiger partial charge in [-0.3, -0.25) is 4.79 Å². The van der Waals surface area contributed by atoms with Crippen molar-refractivity contribution in [2.24, 2.45) is 5.73 Å². The molecule has 0 saturated heterocycles. The lowest BCUT2D eigenvalue weighted by Crippen LogP contribution is -2.15. The van der Waals surface area contributed by atoms with Gasteiger partial charge < -0.3 is 21.3 Å². The lowest BCUT2D eigenvalue weighted by molar-refractivity contribution is 0.112. The first-order valence-corrected chi connectivity index (χ1v) is 9.40. The van der Waals surface area contributed by atoms with Crippen molar-refractivity contribution in [3.63, 3.8) is 0 Å². The van der Waals surface area contributed by atoms with Crippen LogP contribution in [0.3, 0.4) is 0 Å². The number of aliphatic hydroxyl groups is 2. The fraction of sp³-hybridized carbons (Fsp3) is 0.350. The fourth-order valence-corrected chi connectivity index (χ4v) is 1.92. The Morgan fingerprint density at radius 3 is 1.81 bits per heavy atom. The first-order chi connectivity index (χ1) is 13.1. The minimum Gasteiger partial charge on any atom is -0.396 e. The topological polar surface area (TPSA) is 95.6 Å². The number of aliphatic hydroxyl groups excluding tert-OH is 2. The van der Waals surface area contributed by atoms with E-state index >= 15 is 0 Å². The molecule has 0 unspecified atom stereocenters. The molecule has 0 aliphatic heterocycles. The Morgan fingerprint density at radius 1 is 0.889 bits per heavy atom. The number of aldehydes is 1. The molecular weight excluding hydrogens is 387 g/mol. The molecule has 0 radical (unpaired) electrons. The van der Waals surface area contributed by atoms with Crippen molar-refractivity contribution in [3.8, 4) is 0 Å². The molecule has 27 heavy (non-hydrogen) atoms. The maximum atomic E-state index is 10.1. The van der Waals surface area contributed by atoms with Crippen molar-refractivity contribution in [3.05, 3.63) is 69.7 Å². The van der Waals surface area contributed by atoms with Gasteiger partial charge in [-0.15, -0.1) is 0 Å². The Morgan fingerprint density at radius 2 is 1.41 bits per heavy atom. The van der Waals surface area contributed by atoms with Crippen molar-refractivity contribution < 1.29 is 15.0 Å². The highest BCUT2D eigenvalue weighted by Crippen LogP contribution is 2.09. The standard InChI is InChI=1S/C10H14ClNO.C7H5ClO.C3H9NO/c11-10-4-2-9(3-5-10)8-12-6-1-7-13;8-7-3-1-6(5-9)2-4-7;4-2-1-3-5/h2-5,12-13H,1,6-8H2;1-5H;5H,1-4H2. The fourth-order valence-electron chi connectivity index (χ4n) is 1.67. The van der Waals surface area contributed by atoms with Gasteiger partial charge in [0.2, 0.25) is 0 Å². The van der Waals surface area contributed by atoms with E-state index in [2.05, 4.69) is 5.32 Å². The molecule has 5 nitrogen and oxygen atoms in total. The average molecular weight is 415 g/mol. The van der Waals surface area contributed by atoms with E-state index in [1.54, 1.807) is 24.3 Å². The summed E-state index contributed by atoms with van der Waals surface area (Å²) < 4.78 is 0. The normalized spacial score (nSPS) is 9.52. The Labute approximate surface area is 171 Å². The van der Waals surface area contributed by atoms with E-state index in [1.807, 2.05) is 24.3 Å². The maximum Gasteiger partial charge on any atom is 0.150 e. The number of benzene rings is 2. The Bertz CT molecular complexity index is 591. The van der Waals surface area contributed by atoms with Gasteiger partial charge in [0.1, 0.15) is 6.29 Å². The molecule has 0 aliphatic rings. The molecule has 0 spiro atoms. The summed E-state index contributed by atoms with van der Waals surface area (Å²) in [6, 6.07) is 14.5. The molecular formula is C20H28Cl2N2O3. The highest BCUT2D eigenvalue weighted by Gasteiger charge is 1.92. The van der Waals surface area contributed by atoms with Crippen molar-refractivity contribution >= 4 is 29.5 Å². The summed E-state index contributed by atoms with van der Waals surface area (Å²) in [6.07, 6.45) is 2.31. The van der Waals surface area contributed by atoms with Crippen LogP contribution in [0.15, 0.2) is 48.5 Å². The minimum absolute atomic E-state index is 0.219. The van der Waals surface area contributed by atoms with Gasteiger partial charge in [-0.05, 0) is 55.8 Å². The Kier molecular flexibility index (Phi) is 16.9. The summed E-state index contributed by atoms with van der Waals surface area (Å²) in [4.78, 5) is 10.1. The number of rotatable bonds is 8. The Balaban J connectivity index is 0.000000419. The van der Waals surface area contributed by atoms with Gasteiger partial charge in [0.05, 0.1) is 0 Å². The van der Waals surface area contributed by atoms with Gasteiger partial charge in [0.25, 0.3) is 0 Å². The highest BCUT2D eigenvalue weighted by atomic mass is 35.5. The van der Waals surface area contributed by atoms with Crippen LogP contribution in [0.1, 0.15) is 28.8 Å². The van der Waals surface area contributed by atoms with Gasteiger partial charge in [-0.1, -0.05) is 47.5 Å². The second-order valence-electron chi connectivity index (χ2n) is 5.42. The van der Waals surface area contributed by atoms with Crippen LogP contribution in [0.4, 0.5) is 0 Å². The summed E-state index contributed by atoms with van der Waals surface area (Å²) in [5.74, 6) is 0. The number of hydrogen-bond donors (Lipinski definition) is 4. The molecule has 2 aromatic carbocycles. The van der Waals surface area contributed by atoms with Crippen LogP contribution in [0.2, 0.25) is 10.0 Å². The van der Waals surface area contributed by atoms with E-state index < -0.39 is 0 Å². The molecule has 2 rings (SSSR count). The third-order valence-corrected chi connectivity index (χ3v) is 3.63. The summed E-state index contributed by atoms with van der Waals surface area (Å²) in [7, 11) is 0. The lowest BCUT2D eigenvalue weighted by Gasteiger charge is -2.03. The molecule has 0 fully saturated rings. The van der Waals surface area contributed by atoms with Crippen LogP contribution < -0.4 is 11.1 Å². The summed E-state index contributed by atoms with van der Waals surface area (Å²) in [6.45, 7) is 2.73. The Hall–Kier alpha value is -1.47. The number of nitrogens with two attached hydrogens (primary N) is 1. The SMILES string of the molecule is NCCCO.O=Cc1ccc(Cl)cc1.OCCCNCc1ccc(Cl)cc1. The zero-order valence-corrected chi connectivity index (χ0v) is 16.8. The largest absolute Gasteiger partial charge is 0.396 e. The van der Waals surface area contributed by atoms with Crippen molar-refractivity contribution in [1.82, 2.24) is 5.32 Å². The predicted molar refractivity (Wildman–Crippen MR) is 112 cm³/mol. The van der Waals surface area contributed by atoms with Gasteiger partial charge >= 0.3 is 0 Å². The van der Waals surface area contributed by atoms with Crippen molar-refractivity contribution in [2.45, 2.75) is 19.4 Å². The number of hydrogen-bond acceptors (Lipinski definition) is 5. The third kappa shape index (κ3) is 15.3. The molecule has 0 heterocycles. The van der Waals surface area contributed by atoms with Crippen LogP contribution in [0, 0.1) is 0 Å². The summed E-state index contributed by atoms with van der Waals surface area (Å²) >= 11 is 11.3. The zero-order chi connectivity index (χ0) is 20.3. The monoisotopic (exact) mass is 414 g/mol. The number of nitrogens with one attached hydrogen (secondary N) is 1. The maximum absolute atomic E-state index is 10.1. The number of carbonyl (C=O) groups excluding carboxylic acids is 1. The van der Waals surface area contributed by atoms with Gasteiger partial charge in [0.15, 0.2) is 0 Å². The van der Waals surface area contributed by atoms with E-state index in [-0.39, 0.29) is 13.2 Å². The van der Waals surface area contributed by atoms with E-state index in [1.165, 1.54) is 5.56 Å². The van der Waals surface area contributed by atoms with Crippen LogP contribution in [-0.4, -0.2) is 42.8 Å². The quantitative estimate of drug-likeness (QED) is 0.392. The van der Waals surface area contributed by atoms with Crippen LogP contribution in [0.5, 0.6) is 0 Å². The zero-order valence-electron chi connectivity index (χ0n) is 15.3. The molecule has 0 bridgehead atoms. The van der Waals surface area contributed by atoms with Gasteiger partial charge in [-0.25, -0.2) is 0 Å². The summed E-state index contributed by atoms with van der Waals surface area (Å²) in [5.41, 5.74) is 6.84. The lowest BCUT2D eigenvalue weighted by atomic mass is 10.2. The van der Waals surface area contributed by atoms with E-state index in [9.17, 15) is 4.79 Å². The number of carbonyl (C=O) groups is 1. The van der Waals surface area contributed by atoms with Crippen LogP contribution in [0.25, 0.3) is 0 Å². The van der Waals surface area contributed by atoms with E-state index in [4.69, 9.17) is 39.1 Å². The third-order valence-electron chi connectivity index (χ3n) is 3.12. The second-order valence-corrected chi connectivity index (χ2v) is 6.29. The van der Waals surface area contributed by atoms with Gasteiger partial charge in [-0.2, -0.15) is 0 Å². The molecule has 0 amide bonds. The highest BCUT2D eigenvalue weighted by molar-refractivity contribution is 6.30. The molecule has 5 N–H and O–H groups in total. The molecule has 0 atom stereocenters. The average Bonchev–Trinajstić information content (AvgIpc) is 2.69. The smallest absolute Gasteiger partial charge is 0.150 e. The van der Waals surface area contributed by atoms with E-state index in [0.29, 0.717) is 17.1 Å². The summed E-state index contributed by atoms with van der Waals surface area (Å²) in [5, 5.41) is 21.2. The van der Waals surface area contributed by atoms with Gasteiger partial charge in [0, 0.05) is 35.4 Å². The molecule has 2 aromatic rings. The molecule has 0 aliphatic carbocycles. The molecule has 150 valence electrons. The van der Waals surface area contributed by atoms with Crippen LogP contribution >= 0.6 is 23.2 Å². The van der Waals surface area contributed by atoms with Crippen molar-refractivity contribution in [1.29, 1.82) is 0 Å².